The number of carbonyl (C=O) groups is 2. The summed E-state index contributed by atoms with van der Waals surface area (Å²) in [7, 11) is 0. The molecule has 1 unspecified atom stereocenters. The van der Waals surface area contributed by atoms with Crippen molar-refractivity contribution in [1.82, 2.24) is 10.3 Å². The molecule has 0 aliphatic carbocycles. The molecule has 1 saturated heterocycles. The zero-order valence-corrected chi connectivity index (χ0v) is 8.52. The molecule has 1 fully saturated rings. The minimum Gasteiger partial charge on any atom is -0.444 e. The number of hydrogen-bond acceptors (Lipinski definition) is 5. The Labute approximate surface area is 87.3 Å². The van der Waals surface area contributed by atoms with E-state index in [-0.39, 0.29) is 5.91 Å². The number of esters is 1. The molecule has 0 bridgehead atoms. The largest absolute Gasteiger partial charge is 0.444 e. The monoisotopic (exact) mass is 211 g/mol. The van der Waals surface area contributed by atoms with Crippen molar-refractivity contribution in [1.29, 1.82) is 0 Å². The Bertz CT molecular complexity index is 321. The number of ether oxygens (including phenoxy) is 1. The molecular formula is C9H13N3O3. The van der Waals surface area contributed by atoms with Crippen LogP contribution in [0.1, 0.15) is 19.8 Å². The molecule has 82 valence electrons. The van der Waals surface area contributed by atoms with E-state index >= 15 is 0 Å². The van der Waals surface area contributed by atoms with Crippen molar-refractivity contribution in [2.24, 2.45) is 5.10 Å². The number of hydrazone groups is 1. The number of amidine groups is 1. The molecule has 1 N–H and O–H groups in total. The summed E-state index contributed by atoms with van der Waals surface area (Å²) in [6.07, 6.45) is 1.31. The van der Waals surface area contributed by atoms with Crippen LogP contribution in [0.4, 0.5) is 0 Å². The molecule has 1 atom stereocenters. The fourth-order valence-electron chi connectivity index (χ4n) is 1.80. The number of likely N-dealkylation sites (tertiary alicyclic amines) is 1. The first-order chi connectivity index (χ1) is 7.18. The third-order valence-electron chi connectivity index (χ3n) is 2.47. The maximum absolute atomic E-state index is 11.3. The lowest BCUT2D eigenvalue weighted by Crippen LogP contribution is -2.41. The average Bonchev–Trinajstić information content (AvgIpc) is 2.76. The van der Waals surface area contributed by atoms with Crippen LogP contribution in [0.2, 0.25) is 0 Å². The van der Waals surface area contributed by atoms with Gasteiger partial charge in [-0.1, -0.05) is 0 Å². The van der Waals surface area contributed by atoms with E-state index in [0.717, 1.165) is 25.9 Å². The molecule has 15 heavy (non-hydrogen) atoms. The van der Waals surface area contributed by atoms with Crippen LogP contribution in [0.25, 0.3) is 0 Å². The quantitative estimate of drug-likeness (QED) is 0.591. The van der Waals surface area contributed by atoms with Crippen LogP contribution in [0.15, 0.2) is 5.10 Å². The lowest BCUT2D eigenvalue weighted by atomic mass is 10.3. The van der Waals surface area contributed by atoms with Gasteiger partial charge in [-0.3, -0.25) is 9.59 Å². The van der Waals surface area contributed by atoms with Gasteiger partial charge in [0.1, 0.15) is 0 Å². The van der Waals surface area contributed by atoms with Gasteiger partial charge in [-0.15, -0.1) is 0 Å². The first kappa shape index (κ1) is 9.95. The SMILES string of the molecule is CC(=O)OC1C(=O)NN=C1N1CCCC1. The highest BCUT2D eigenvalue weighted by atomic mass is 16.5. The Morgan fingerprint density at radius 3 is 2.80 bits per heavy atom. The number of amides is 1. The van der Waals surface area contributed by atoms with E-state index < -0.39 is 12.1 Å². The van der Waals surface area contributed by atoms with Crippen molar-refractivity contribution in [3.8, 4) is 0 Å². The zero-order chi connectivity index (χ0) is 10.8. The van der Waals surface area contributed by atoms with Crippen molar-refractivity contribution in [2.75, 3.05) is 13.1 Å². The third-order valence-corrected chi connectivity index (χ3v) is 2.47. The van der Waals surface area contributed by atoms with Gasteiger partial charge in [-0.2, -0.15) is 5.10 Å². The van der Waals surface area contributed by atoms with Gasteiger partial charge in [0.05, 0.1) is 0 Å². The summed E-state index contributed by atoms with van der Waals surface area (Å²) in [5.41, 5.74) is 2.33. The van der Waals surface area contributed by atoms with Crippen LogP contribution in [0.5, 0.6) is 0 Å². The van der Waals surface area contributed by atoms with E-state index in [0.29, 0.717) is 5.84 Å². The predicted molar refractivity (Wildman–Crippen MR) is 51.9 cm³/mol. The maximum atomic E-state index is 11.3. The smallest absolute Gasteiger partial charge is 0.303 e. The average molecular weight is 211 g/mol. The van der Waals surface area contributed by atoms with Crippen molar-refractivity contribution in [3.63, 3.8) is 0 Å². The fraction of sp³-hybridized carbons (Fsp3) is 0.667. The van der Waals surface area contributed by atoms with Crippen LogP contribution in [0, 0.1) is 0 Å². The van der Waals surface area contributed by atoms with E-state index in [9.17, 15) is 9.59 Å². The van der Waals surface area contributed by atoms with Crippen molar-refractivity contribution in [3.05, 3.63) is 0 Å². The second-order valence-corrected chi connectivity index (χ2v) is 3.63. The fourth-order valence-corrected chi connectivity index (χ4v) is 1.80. The molecule has 0 aromatic rings. The van der Waals surface area contributed by atoms with E-state index in [1.165, 1.54) is 6.92 Å². The van der Waals surface area contributed by atoms with Gasteiger partial charge >= 0.3 is 5.97 Å². The molecule has 6 nitrogen and oxygen atoms in total. The lowest BCUT2D eigenvalue weighted by molar-refractivity contribution is -0.149. The summed E-state index contributed by atoms with van der Waals surface area (Å²) >= 11 is 0. The first-order valence-electron chi connectivity index (χ1n) is 4.98. The number of nitrogens with one attached hydrogen (secondary N) is 1. The minimum atomic E-state index is -0.861. The van der Waals surface area contributed by atoms with Crippen molar-refractivity contribution >= 4 is 17.7 Å². The molecule has 2 aliphatic heterocycles. The first-order valence-corrected chi connectivity index (χ1v) is 4.98. The Hall–Kier alpha value is -1.59. The summed E-state index contributed by atoms with van der Waals surface area (Å²) in [6, 6.07) is 0. The molecular weight excluding hydrogens is 198 g/mol. The van der Waals surface area contributed by atoms with Gasteiger partial charge in [0, 0.05) is 20.0 Å². The standard InChI is InChI=1S/C9H13N3O3/c1-6(13)15-7-8(10-11-9(7)14)12-4-2-3-5-12/h7H,2-5H2,1H3,(H,11,14). The van der Waals surface area contributed by atoms with Gasteiger partial charge in [0.2, 0.25) is 6.10 Å². The molecule has 2 aliphatic rings. The number of nitrogens with zero attached hydrogens (tertiary/aromatic N) is 2. The van der Waals surface area contributed by atoms with Gasteiger partial charge in [0.25, 0.3) is 5.91 Å². The Kier molecular flexibility index (Phi) is 2.57. The molecule has 0 spiro atoms. The normalized spacial score (nSPS) is 25.1. The van der Waals surface area contributed by atoms with Crippen LogP contribution >= 0.6 is 0 Å². The highest BCUT2D eigenvalue weighted by Gasteiger charge is 2.37. The number of hydrogen-bond donors (Lipinski definition) is 1. The van der Waals surface area contributed by atoms with Crippen LogP contribution in [0.3, 0.4) is 0 Å². The molecule has 2 rings (SSSR count). The summed E-state index contributed by atoms with van der Waals surface area (Å²) in [6.45, 7) is 3.02. The predicted octanol–water partition coefficient (Wildman–Crippen LogP) is -0.543. The Balaban J connectivity index is 2.08. The Morgan fingerprint density at radius 2 is 2.20 bits per heavy atom. The second kappa shape index (κ2) is 3.88. The number of rotatable bonds is 1. The Morgan fingerprint density at radius 1 is 1.53 bits per heavy atom. The lowest BCUT2D eigenvalue weighted by Gasteiger charge is -2.20. The van der Waals surface area contributed by atoms with Crippen molar-refractivity contribution in [2.45, 2.75) is 25.9 Å². The molecule has 0 aromatic heterocycles. The molecule has 0 radical (unpaired) electrons. The summed E-state index contributed by atoms with van der Waals surface area (Å²) in [4.78, 5) is 24.2. The summed E-state index contributed by atoms with van der Waals surface area (Å²) in [5, 5.41) is 3.90. The summed E-state index contributed by atoms with van der Waals surface area (Å²) < 4.78 is 4.93. The van der Waals surface area contributed by atoms with Crippen LogP contribution < -0.4 is 5.43 Å². The molecule has 2 heterocycles. The van der Waals surface area contributed by atoms with Crippen molar-refractivity contribution < 1.29 is 14.3 Å². The van der Waals surface area contributed by atoms with Crippen LogP contribution in [-0.4, -0.2) is 41.8 Å². The van der Waals surface area contributed by atoms with E-state index in [1.807, 2.05) is 4.90 Å². The highest BCUT2D eigenvalue weighted by molar-refractivity contribution is 6.10. The van der Waals surface area contributed by atoms with Crippen LogP contribution in [-0.2, 0) is 14.3 Å². The maximum Gasteiger partial charge on any atom is 0.303 e. The van der Waals surface area contributed by atoms with Gasteiger partial charge in [0.15, 0.2) is 5.84 Å². The molecule has 1 amide bonds. The third kappa shape index (κ3) is 1.93. The molecule has 0 saturated carbocycles. The van der Waals surface area contributed by atoms with Gasteiger partial charge in [-0.05, 0) is 12.8 Å². The van der Waals surface area contributed by atoms with Gasteiger partial charge in [-0.25, -0.2) is 5.43 Å². The van der Waals surface area contributed by atoms with Gasteiger partial charge < -0.3 is 9.64 Å². The zero-order valence-electron chi connectivity index (χ0n) is 8.52. The van der Waals surface area contributed by atoms with E-state index in [2.05, 4.69) is 10.5 Å². The second-order valence-electron chi connectivity index (χ2n) is 3.63. The number of carbonyl (C=O) groups excluding carboxylic acids is 2. The highest BCUT2D eigenvalue weighted by Crippen LogP contribution is 2.14. The minimum absolute atomic E-state index is 0.368. The summed E-state index contributed by atoms with van der Waals surface area (Å²) in [5.74, 6) is -0.302. The topological polar surface area (TPSA) is 71.0 Å². The molecule has 6 heteroatoms. The van der Waals surface area contributed by atoms with E-state index in [1.54, 1.807) is 0 Å². The molecule has 0 aromatic carbocycles. The van der Waals surface area contributed by atoms with E-state index in [4.69, 9.17) is 4.74 Å².